The van der Waals surface area contributed by atoms with E-state index in [0.29, 0.717) is 5.56 Å². The molecule has 1 heterocycles. The molecule has 112 valence electrons. The van der Waals surface area contributed by atoms with E-state index >= 15 is 0 Å². The van der Waals surface area contributed by atoms with Crippen LogP contribution in [0.15, 0.2) is 48.5 Å². The van der Waals surface area contributed by atoms with Gasteiger partial charge in [-0.25, -0.2) is 0 Å². The van der Waals surface area contributed by atoms with Crippen LogP contribution in [-0.2, 0) is 4.79 Å². The molecule has 2 aromatic carbocycles. The monoisotopic (exact) mass is 295 g/mol. The number of aryl methyl sites for hydroxylation is 1. The predicted molar refractivity (Wildman–Crippen MR) is 84.4 cm³/mol. The number of nitrogens with zero attached hydrogens (tertiary/aromatic N) is 1. The molecule has 2 amide bonds. The first-order chi connectivity index (χ1) is 10.6. The minimum Gasteiger partial charge on any atom is -0.368 e. The third kappa shape index (κ3) is 2.41. The van der Waals surface area contributed by atoms with E-state index in [1.54, 1.807) is 12.1 Å². The molecule has 0 aromatic heterocycles. The lowest BCUT2D eigenvalue weighted by Crippen LogP contribution is -2.49. The van der Waals surface area contributed by atoms with Crippen LogP contribution in [0.4, 0.5) is 5.69 Å². The van der Waals surface area contributed by atoms with Crippen molar-refractivity contribution in [1.29, 1.82) is 0 Å². The van der Waals surface area contributed by atoms with Gasteiger partial charge in [0.25, 0.3) is 5.91 Å². The molecule has 1 atom stereocenters. The number of para-hydroxylation sites is 1. The van der Waals surface area contributed by atoms with Crippen molar-refractivity contribution < 1.29 is 9.59 Å². The lowest BCUT2D eigenvalue weighted by Gasteiger charge is -2.39. The van der Waals surface area contributed by atoms with E-state index in [4.69, 9.17) is 5.73 Å². The van der Waals surface area contributed by atoms with Gasteiger partial charge in [0.05, 0.1) is 17.8 Å². The Morgan fingerprint density at radius 2 is 1.86 bits per heavy atom. The number of carbonyl (C=O) groups excluding carboxylic acids is 2. The zero-order valence-electron chi connectivity index (χ0n) is 12.2. The van der Waals surface area contributed by atoms with Crippen molar-refractivity contribution in [3.8, 4) is 0 Å². The van der Waals surface area contributed by atoms with Crippen LogP contribution in [0.2, 0.25) is 0 Å². The van der Waals surface area contributed by atoms with Crippen molar-refractivity contribution in [3.63, 3.8) is 0 Å². The largest absolute Gasteiger partial charge is 0.368 e. The van der Waals surface area contributed by atoms with E-state index in [2.05, 4.69) is 5.32 Å². The van der Waals surface area contributed by atoms with E-state index in [-0.39, 0.29) is 12.5 Å². The molecule has 1 unspecified atom stereocenters. The van der Waals surface area contributed by atoms with Gasteiger partial charge in [0.15, 0.2) is 0 Å². The van der Waals surface area contributed by atoms with E-state index in [1.807, 2.05) is 48.2 Å². The first-order valence-corrected chi connectivity index (χ1v) is 7.08. The SMILES string of the molecule is Cc1ccccc1C1NC(=O)c2ccccc2N1CC(N)=O. The van der Waals surface area contributed by atoms with E-state index < -0.39 is 12.1 Å². The highest BCUT2D eigenvalue weighted by Gasteiger charge is 2.32. The number of hydrogen-bond donors (Lipinski definition) is 2. The normalized spacial score (nSPS) is 16.9. The van der Waals surface area contributed by atoms with Crippen molar-refractivity contribution in [2.45, 2.75) is 13.1 Å². The fourth-order valence-corrected chi connectivity index (χ4v) is 2.82. The Bertz CT molecular complexity index is 742. The van der Waals surface area contributed by atoms with E-state index in [9.17, 15) is 9.59 Å². The van der Waals surface area contributed by atoms with Crippen LogP contribution in [-0.4, -0.2) is 18.4 Å². The van der Waals surface area contributed by atoms with Gasteiger partial charge in [-0.3, -0.25) is 9.59 Å². The Kier molecular flexibility index (Phi) is 3.55. The van der Waals surface area contributed by atoms with Gasteiger partial charge < -0.3 is 16.0 Å². The van der Waals surface area contributed by atoms with Crippen molar-refractivity contribution in [2.75, 3.05) is 11.4 Å². The Balaban J connectivity index is 2.12. The Morgan fingerprint density at radius 3 is 2.59 bits per heavy atom. The first kappa shape index (κ1) is 14.1. The maximum absolute atomic E-state index is 12.4. The molecule has 0 spiro atoms. The Morgan fingerprint density at radius 1 is 1.18 bits per heavy atom. The lowest BCUT2D eigenvalue weighted by molar-refractivity contribution is -0.116. The first-order valence-electron chi connectivity index (χ1n) is 7.08. The summed E-state index contributed by atoms with van der Waals surface area (Å²) in [5, 5.41) is 2.96. The second-order valence-electron chi connectivity index (χ2n) is 5.34. The highest BCUT2D eigenvalue weighted by molar-refractivity contribution is 6.02. The van der Waals surface area contributed by atoms with Crippen molar-refractivity contribution in [2.24, 2.45) is 5.73 Å². The van der Waals surface area contributed by atoms with Gasteiger partial charge in [-0.2, -0.15) is 0 Å². The average molecular weight is 295 g/mol. The smallest absolute Gasteiger partial charge is 0.255 e. The number of carbonyl (C=O) groups is 2. The van der Waals surface area contributed by atoms with Gasteiger partial charge in [-0.05, 0) is 30.2 Å². The molecule has 0 radical (unpaired) electrons. The number of fused-ring (bicyclic) bond motifs is 1. The minimum atomic E-state index is -0.440. The number of nitrogens with two attached hydrogens (primary N) is 1. The van der Waals surface area contributed by atoms with Gasteiger partial charge in [0.1, 0.15) is 6.17 Å². The molecule has 0 bridgehead atoms. The van der Waals surface area contributed by atoms with Crippen LogP contribution in [0.3, 0.4) is 0 Å². The summed E-state index contributed by atoms with van der Waals surface area (Å²) in [6, 6.07) is 15.0. The molecule has 1 aliphatic heterocycles. The Hall–Kier alpha value is -2.82. The van der Waals surface area contributed by atoms with Crippen LogP contribution in [0, 0.1) is 6.92 Å². The fraction of sp³-hybridized carbons (Fsp3) is 0.176. The van der Waals surface area contributed by atoms with Crippen molar-refractivity contribution in [3.05, 3.63) is 65.2 Å². The summed E-state index contributed by atoms with van der Waals surface area (Å²) in [6.07, 6.45) is -0.406. The maximum Gasteiger partial charge on any atom is 0.255 e. The summed E-state index contributed by atoms with van der Waals surface area (Å²) in [6.45, 7) is 2.01. The molecular weight excluding hydrogens is 278 g/mol. The average Bonchev–Trinajstić information content (AvgIpc) is 2.50. The summed E-state index contributed by atoms with van der Waals surface area (Å²) in [5.41, 5.74) is 8.66. The fourth-order valence-electron chi connectivity index (χ4n) is 2.82. The second kappa shape index (κ2) is 5.52. The predicted octanol–water partition coefficient (Wildman–Crippen LogP) is 1.73. The minimum absolute atomic E-state index is 0.0380. The number of anilines is 1. The number of primary amides is 1. The zero-order chi connectivity index (χ0) is 15.7. The third-order valence-corrected chi connectivity index (χ3v) is 3.85. The van der Waals surface area contributed by atoms with Gasteiger partial charge >= 0.3 is 0 Å². The molecule has 5 nitrogen and oxygen atoms in total. The molecule has 0 aliphatic carbocycles. The third-order valence-electron chi connectivity index (χ3n) is 3.85. The molecule has 3 rings (SSSR count). The summed E-state index contributed by atoms with van der Waals surface area (Å²) in [5.74, 6) is -0.589. The molecule has 1 aliphatic rings. The molecule has 22 heavy (non-hydrogen) atoms. The molecule has 5 heteroatoms. The summed E-state index contributed by atoms with van der Waals surface area (Å²) < 4.78 is 0. The van der Waals surface area contributed by atoms with Gasteiger partial charge in [-0.1, -0.05) is 36.4 Å². The summed E-state index contributed by atoms with van der Waals surface area (Å²) in [7, 11) is 0. The van der Waals surface area contributed by atoms with Gasteiger partial charge in [0, 0.05) is 0 Å². The quantitative estimate of drug-likeness (QED) is 0.905. The molecular formula is C17H17N3O2. The number of rotatable bonds is 3. The zero-order valence-corrected chi connectivity index (χ0v) is 12.2. The summed E-state index contributed by atoms with van der Waals surface area (Å²) >= 11 is 0. The number of nitrogens with one attached hydrogen (secondary N) is 1. The van der Waals surface area contributed by atoms with Crippen LogP contribution < -0.4 is 16.0 Å². The van der Waals surface area contributed by atoms with Crippen LogP contribution in [0.1, 0.15) is 27.7 Å². The van der Waals surface area contributed by atoms with Gasteiger partial charge in [-0.15, -0.1) is 0 Å². The number of amides is 2. The highest BCUT2D eigenvalue weighted by Crippen LogP contribution is 2.33. The van der Waals surface area contributed by atoms with E-state index in [1.165, 1.54) is 0 Å². The lowest BCUT2D eigenvalue weighted by atomic mass is 10.00. The highest BCUT2D eigenvalue weighted by atomic mass is 16.2. The molecule has 0 fully saturated rings. The molecule has 0 saturated heterocycles. The van der Waals surface area contributed by atoms with Crippen molar-refractivity contribution in [1.82, 2.24) is 5.32 Å². The standard InChI is InChI=1S/C17H17N3O2/c1-11-6-2-3-7-12(11)16-19-17(22)13-8-4-5-9-14(13)20(16)10-15(18)21/h2-9,16H,10H2,1H3,(H2,18,21)(H,19,22). The Labute approximate surface area is 128 Å². The maximum atomic E-state index is 12.4. The molecule has 0 saturated carbocycles. The topological polar surface area (TPSA) is 75.4 Å². The number of hydrogen-bond acceptors (Lipinski definition) is 3. The molecule has 2 aromatic rings. The number of benzene rings is 2. The summed E-state index contributed by atoms with van der Waals surface area (Å²) in [4.78, 5) is 25.7. The van der Waals surface area contributed by atoms with Crippen molar-refractivity contribution >= 4 is 17.5 Å². The molecule has 3 N–H and O–H groups in total. The van der Waals surface area contributed by atoms with Crippen LogP contribution in [0.5, 0.6) is 0 Å². The van der Waals surface area contributed by atoms with Crippen LogP contribution >= 0.6 is 0 Å². The second-order valence-corrected chi connectivity index (χ2v) is 5.34. The van der Waals surface area contributed by atoms with Gasteiger partial charge in [0.2, 0.25) is 5.91 Å². The van der Waals surface area contributed by atoms with E-state index in [0.717, 1.165) is 16.8 Å². The van der Waals surface area contributed by atoms with Crippen LogP contribution in [0.25, 0.3) is 0 Å².